The zero-order chi connectivity index (χ0) is 14.3. The first-order chi connectivity index (χ1) is 8.94. The average molecular weight is 287 g/mol. The Balaban J connectivity index is 2.18. The summed E-state index contributed by atoms with van der Waals surface area (Å²) in [7, 11) is 0. The van der Waals surface area contributed by atoms with Crippen molar-refractivity contribution in [2.75, 3.05) is 11.5 Å². The SMILES string of the molecule is CC(C)NC(C)(CCCSCC1CCCC1)C(=O)O. The van der Waals surface area contributed by atoms with Crippen molar-refractivity contribution < 1.29 is 9.90 Å². The minimum atomic E-state index is -0.776. The van der Waals surface area contributed by atoms with Crippen LogP contribution in [0.4, 0.5) is 0 Å². The molecule has 0 heterocycles. The quantitative estimate of drug-likeness (QED) is 0.637. The van der Waals surface area contributed by atoms with Crippen LogP contribution in [0.1, 0.15) is 59.3 Å². The van der Waals surface area contributed by atoms with E-state index in [0.29, 0.717) is 6.42 Å². The van der Waals surface area contributed by atoms with Crippen LogP contribution in [0, 0.1) is 5.92 Å². The number of aliphatic carboxylic acids is 1. The lowest BCUT2D eigenvalue weighted by Gasteiger charge is -2.28. The van der Waals surface area contributed by atoms with E-state index in [9.17, 15) is 9.90 Å². The molecule has 1 unspecified atom stereocenters. The number of hydrogen-bond donors (Lipinski definition) is 2. The van der Waals surface area contributed by atoms with Gasteiger partial charge in [0.1, 0.15) is 5.54 Å². The maximum Gasteiger partial charge on any atom is 0.323 e. The van der Waals surface area contributed by atoms with Crippen molar-refractivity contribution in [2.45, 2.75) is 70.9 Å². The second kappa shape index (κ2) is 8.15. The van der Waals surface area contributed by atoms with Crippen LogP contribution >= 0.6 is 11.8 Å². The third-order valence-corrected chi connectivity index (χ3v) is 5.16. The Labute approximate surface area is 121 Å². The number of carboxylic acid groups (broad SMARTS) is 1. The fourth-order valence-corrected chi connectivity index (χ4v) is 4.01. The molecule has 0 aliphatic heterocycles. The van der Waals surface area contributed by atoms with E-state index in [0.717, 1.165) is 18.1 Å². The van der Waals surface area contributed by atoms with Crippen LogP contribution in [0.3, 0.4) is 0 Å². The normalized spacial score (nSPS) is 19.8. The summed E-state index contributed by atoms with van der Waals surface area (Å²) in [4.78, 5) is 11.4. The molecular formula is C15H29NO2S. The number of carbonyl (C=O) groups is 1. The molecule has 0 saturated heterocycles. The van der Waals surface area contributed by atoms with Gasteiger partial charge in [0, 0.05) is 6.04 Å². The van der Waals surface area contributed by atoms with E-state index < -0.39 is 11.5 Å². The average Bonchev–Trinajstić information content (AvgIpc) is 2.80. The van der Waals surface area contributed by atoms with Crippen LogP contribution < -0.4 is 5.32 Å². The molecule has 1 fully saturated rings. The van der Waals surface area contributed by atoms with E-state index >= 15 is 0 Å². The first-order valence-electron chi connectivity index (χ1n) is 7.53. The van der Waals surface area contributed by atoms with Gasteiger partial charge in [-0.3, -0.25) is 10.1 Å². The molecule has 0 bridgehead atoms. The largest absolute Gasteiger partial charge is 0.480 e. The van der Waals surface area contributed by atoms with E-state index in [4.69, 9.17) is 0 Å². The summed E-state index contributed by atoms with van der Waals surface area (Å²) in [6, 6.07) is 0.201. The summed E-state index contributed by atoms with van der Waals surface area (Å²) < 4.78 is 0. The lowest BCUT2D eigenvalue weighted by Crippen LogP contribution is -2.52. The fourth-order valence-electron chi connectivity index (χ4n) is 2.83. The van der Waals surface area contributed by atoms with Gasteiger partial charge in [-0.2, -0.15) is 11.8 Å². The number of thioether (sulfide) groups is 1. The van der Waals surface area contributed by atoms with Crippen molar-refractivity contribution in [2.24, 2.45) is 5.92 Å². The molecule has 1 rings (SSSR count). The zero-order valence-electron chi connectivity index (χ0n) is 12.6. The topological polar surface area (TPSA) is 49.3 Å². The van der Waals surface area contributed by atoms with E-state index in [1.54, 1.807) is 6.92 Å². The molecule has 112 valence electrons. The van der Waals surface area contributed by atoms with Crippen molar-refractivity contribution in [3.8, 4) is 0 Å². The number of hydrogen-bond acceptors (Lipinski definition) is 3. The highest BCUT2D eigenvalue weighted by molar-refractivity contribution is 7.99. The lowest BCUT2D eigenvalue weighted by atomic mass is 9.95. The van der Waals surface area contributed by atoms with Gasteiger partial charge < -0.3 is 5.11 Å². The van der Waals surface area contributed by atoms with Crippen LogP contribution in [-0.2, 0) is 4.79 Å². The van der Waals surface area contributed by atoms with Crippen molar-refractivity contribution in [1.82, 2.24) is 5.32 Å². The standard InChI is InChI=1S/C15H29NO2S/c1-12(2)16-15(3,14(17)18)9-6-10-19-11-13-7-4-5-8-13/h12-13,16H,4-11H2,1-3H3,(H,17,18). The molecule has 0 amide bonds. The molecule has 1 atom stereocenters. The smallest absolute Gasteiger partial charge is 0.323 e. The first-order valence-corrected chi connectivity index (χ1v) is 8.68. The Morgan fingerprint density at radius 3 is 2.58 bits per heavy atom. The molecule has 0 aromatic rings. The van der Waals surface area contributed by atoms with Crippen LogP contribution in [0.25, 0.3) is 0 Å². The molecule has 4 heteroatoms. The molecule has 3 nitrogen and oxygen atoms in total. The van der Waals surface area contributed by atoms with Gasteiger partial charge in [0.05, 0.1) is 0 Å². The van der Waals surface area contributed by atoms with Crippen molar-refractivity contribution in [3.05, 3.63) is 0 Å². The molecular weight excluding hydrogens is 258 g/mol. The highest BCUT2D eigenvalue weighted by Gasteiger charge is 2.32. The zero-order valence-corrected chi connectivity index (χ0v) is 13.4. The van der Waals surface area contributed by atoms with E-state index in [2.05, 4.69) is 5.32 Å². The molecule has 0 aromatic heterocycles. The van der Waals surface area contributed by atoms with Crippen molar-refractivity contribution >= 4 is 17.7 Å². The molecule has 0 radical (unpaired) electrons. The minimum absolute atomic E-state index is 0.201. The molecule has 1 aliphatic rings. The van der Waals surface area contributed by atoms with Gasteiger partial charge in [0.25, 0.3) is 0 Å². The maximum atomic E-state index is 11.4. The maximum absolute atomic E-state index is 11.4. The minimum Gasteiger partial charge on any atom is -0.480 e. The van der Waals surface area contributed by atoms with Crippen LogP contribution in [0.2, 0.25) is 0 Å². The van der Waals surface area contributed by atoms with Gasteiger partial charge in [-0.15, -0.1) is 0 Å². The molecule has 1 saturated carbocycles. The molecule has 2 N–H and O–H groups in total. The summed E-state index contributed by atoms with van der Waals surface area (Å²) in [5.41, 5.74) is -0.776. The second-order valence-electron chi connectivity index (χ2n) is 6.27. The first kappa shape index (κ1) is 16.8. The summed E-state index contributed by atoms with van der Waals surface area (Å²) in [6.45, 7) is 5.79. The molecule has 19 heavy (non-hydrogen) atoms. The predicted octanol–water partition coefficient (Wildman–Crippen LogP) is 3.53. The Kier molecular flexibility index (Phi) is 7.22. The fraction of sp³-hybridized carbons (Fsp3) is 0.933. The summed E-state index contributed by atoms with van der Waals surface area (Å²) in [5.74, 6) is 2.53. The third kappa shape index (κ3) is 6.17. The van der Waals surface area contributed by atoms with Gasteiger partial charge in [-0.1, -0.05) is 12.8 Å². The number of nitrogens with one attached hydrogen (secondary N) is 1. The van der Waals surface area contributed by atoms with Crippen molar-refractivity contribution in [1.29, 1.82) is 0 Å². The van der Waals surface area contributed by atoms with Crippen LogP contribution in [0.15, 0.2) is 0 Å². The molecule has 1 aliphatic carbocycles. The van der Waals surface area contributed by atoms with Gasteiger partial charge in [0.15, 0.2) is 0 Å². The van der Waals surface area contributed by atoms with E-state index in [-0.39, 0.29) is 6.04 Å². The Morgan fingerprint density at radius 2 is 2.05 bits per heavy atom. The summed E-state index contributed by atoms with van der Waals surface area (Å²) in [6.07, 6.45) is 7.28. The monoisotopic (exact) mass is 287 g/mol. The van der Waals surface area contributed by atoms with E-state index in [1.165, 1.54) is 31.4 Å². The van der Waals surface area contributed by atoms with Gasteiger partial charge in [0.2, 0.25) is 0 Å². The summed E-state index contributed by atoms with van der Waals surface area (Å²) in [5, 5.41) is 12.5. The molecule has 0 spiro atoms. The molecule has 0 aromatic carbocycles. The highest BCUT2D eigenvalue weighted by Crippen LogP contribution is 2.28. The Bertz CT molecular complexity index is 277. The van der Waals surface area contributed by atoms with Gasteiger partial charge in [-0.25, -0.2) is 0 Å². The van der Waals surface area contributed by atoms with Crippen LogP contribution in [0.5, 0.6) is 0 Å². The van der Waals surface area contributed by atoms with E-state index in [1.807, 2.05) is 25.6 Å². The third-order valence-electron chi connectivity index (χ3n) is 3.87. The van der Waals surface area contributed by atoms with Gasteiger partial charge in [-0.05, 0) is 63.9 Å². The predicted molar refractivity (Wildman–Crippen MR) is 82.8 cm³/mol. The second-order valence-corrected chi connectivity index (χ2v) is 7.42. The number of rotatable bonds is 9. The van der Waals surface area contributed by atoms with Crippen molar-refractivity contribution in [3.63, 3.8) is 0 Å². The van der Waals surface area contributed by atoms with Crippen LogP contribution in [-0.4, -0.2) is 34.2 Å². The number of carboxylic acids is 1. The van der Waals surface area contributed by atoms with Gasteiger partial charge >= 0.3 is 5.97 Å². The Morgan fingerprint density at radius 1 is 1.42 bits per heavy atom. The Hall–Kier alpha value is -0.220. The summed E-state index contributed by atoms with van der Waals surface area (Å²) >= 11 is 2.00. The highest BCUT2D eigenvalue weighted by atomic mass is 32.2. The lowest BCUT2D eigenvalue weighted by molar-refractivity contribution is -0.144.